The molecule has 96 valence electrons. The number of amides is 1. The smallest absolute Gasteiger partial charge is 0.236 e. The quantitative estimate of drug-likeness (QED) is 0.691. The molecule has 0 radical (unpaired) electrons. The summed E-state index contributed by atoms with van der Waals surface area (Å²) in [4.78, 5) is 13.6. The summed E-state index contributed by atoms with van der Waals surface area (Å²) in [7, 11) is 0. The number of hydrogen-bond acceptors (Lipinski definition) is 2. The summed E-state index contributed by atoms with van der Waals surface area (Å²) >= 11 is 0. The molecule has 3 nitrogen and oxygen atoms in total. The number of likely N-dealkylation sites (N-methyl/N-ethyl adjacent to an activating group) is 1. The fourth-order valence-corrected chi connectivity index (χ4v) is 2.10. The minimum Gasteiger partial charge on any atom is -0.342 e. The molecule has 0 rings (SSSR count). The van der Waals surface area contributed by atoms with Crippen LogP contribution in [0.1, 0.15) is 47.5 Å². The Kier molecular flexibility index (Phi) is 8.26. The predicted octanol–water partition coefficient (Wildman–Crippen LogP) is 2.27. The van der Waals surface area contributed by atoms with Gasteiger partial charge in [0.25, 0.3) is 0 Å². The minimum absolute atomic E-state index is 0.211. The lowest BCUT2D eigenvalue weighted by molar-refractivity contribution is -0.130. The van der Waals surface area contributed by atoms with Gasteiger partial charge >= 0.3 is 0 Å². The average Bonchev–Trinajstić information content (AvgIpc) is 2.29. The van der Waals surface area contributed by atoms with Crippen molar-refractivity contribution in [3.8, 4) is 0 Å². The molecule has 0 saturated carbocycles. The van der Waals surface area contributed by atoms with E-state index in [1.54, 1.807) is 0 Å². The van der Waals surface area contributed by atoms with Crippen molar-refractivity contribution in [3.63, 3.8) is 0 Å². The fourth-order valence-electron chi connectivity index (χ4n) is 2.10. The van der Waals surface area contributed by atoms with E-state index in [1.807, 2.05) is 18.7 Å². The monoisotopic (exact) mass is 228 g/mol. The van der Waals surface area contributed by atoms with Crippen molar-refractivity contribution >= 4 is 5.91 Å². The molecule has 0 aliphatic rings. The molecule has 0 fully saturated rings. The second-order valence-corrected chi connectivity index (χ2v) is 4.31. The molecule has 0 bridgehead atoms. The molecule has 0 spiro atoms. The van der Waals surface area contributed by atoms with Gasteiger partial charge in [0.15, 0.2) is 0 Å². The van der Waals surface area contributed by atoms with Crippen LogP contribution in [0.2, 0.25) is 0 Å². The van der Waals surface area contributed by atoms with E-state index < -0.39 is 0 Å². The third-order valence-electron chi connectivity index (χ3n) is 3.45. The molecule has 1 amide bonds. The van der Waals surface area contributed by atoms with Crippen molar-refractivity contribution in [3.05, 3.63) is 0 Å². The zero-order valence-corrected chi connectivity index (χ0v) is 11.5. The first-order chi connectivity index (χ1) is 7.60. The molecule has 0 heterocycles. The van der Waals surface area contributed by atoms with Gasteiger partial charge in [0.05, 0.1) is 6.54 Å². The lowest BCUT2D eigenvalue weighted by atomic mass is 9.95. The first-order valence-electron chi connectivity index (χ1n) is 6.61. The Hall–Kier alpha value is -0.570. The van der Waals surface area contributed by atoms with Gasteiger partial charge in [0.1, 0.15) is 0 Å². The van der Waals surface area contributed by atoms with E-state index in [4.69, 9.17) is 0 Å². The lowest BCUT2D eigenvalue weighted by Gasteiger charge is -2.24. The summed E-state index contributed by atoms with van der Waals surface area (Å²) in [5, 5.41) is 3.34. The molecular formula is C13H28N2O. The van der Waals surface area contributed by atoms with Crippen LogP contribution in [-0.4, -0.2) is 36.5 Å². The molecule has 1 atom stereocenters. The van der Waals surface area contributed by atoms with Crippen LogP contribution in [0, 0.1) is 5.92 Å². The maximum atomic E-state index is 11.8. The van der Waals surface area contributed by atoms with Crippen LogP contribution in [0.5, 0.6) is 0 Å². The van der Waals surface area contributed by atoms with Gasteiger partial charge in [-0.15, -0.1) is 0 Å². The van der Waals surface area contributed by atoms with Crippen molar-refractivity contribution in [1.29, 1.82) is 0 Å². The van der Waals surface area contributed by atoms with Gasteiger partial charge in [-0.3, -0.25) is 4.79 Å². The number of carbonyl (C=O) groups excluding carboxylic acids is 1. The predicted molar refractivity (Wildman–Crippen MR) is 69.5 cm³/mol. The normalized spacial score (nSPS) is 12.9. The summed E-state index contributed by atoms with van der Waals surface area (Å²) in [6.07, 6.45) is 2.34. The molecule has 0 saturated heterocycles. The lowest BCUT2D eigenvalue weighted by Crippen LogP contribution is -2.42. The molecule has 3 heteroatoms. The van der Waals surface area contributed by atoms with Gasteiger partial charge in [-0.2, -0.15) is 0 Å². The van der Waals surface area contributed by atoms with Gasteiger partial charge in [0.2, 0.25) is 5.91 Å². The van der Waals surface area contributed by atoms with Crippen LogP contribution in [0.3, 0.4) is 0 Å². The molecule has 0 aliphatic carbocycles. The van der Waals surface area contributed by atoms with Gasteiger partial charge in [0, 0.05) is 19.1 Å². The first kappa shape index (κ1) is 15.4. The van der Waals surface area contributed by atoms with Crippen LogP contribution in [-0.2, 0) is 4.79 Å². The molecular weight excluding hydrogens is 200 g/mol. The molecule has 0 aromatic rings. The second-order valence-electron chi connectivity index (χ2n) is 4.31. The van der Waals surface area contributed by atoms with E-state index >= 15 is 0 Å². The standard InChI is InChI=1S/C13H28N2O/c1-6-12(7-2)11(5)14-10-13(16)15(8-3)9-4/h11-12,14H,6-10H2,1-5H3. The van der Waals surface area contributed by atoms with E-state index in [9.17, 15) is 4.79 Å². The first-order valence-corrected chi connectivity index (χ1v) is 6.61. The average molecular weight is 228 g/mol. The number of rotatable bonds is 8. The Morgan fingerprint density at radius 2 is 1.62 bits per heavy atom. The van der Waals surface area contributed by atoms with Gasteiger partial charge < -0.3 is 10.2 Å². The highest BCUT2D eigenvalue weighted by atomic mass is 16.2. The van der Waals surface area contributed by atoms with E-state index in [2.05, 4.69) is 26.1 Å². The van der Waals surface area contributed by atoms with Crippen LogP contribution in [0.25, 0.3) is 0 Å². The molecule has 1 N–H and O–H groups in total. The summed E-state index contributed by atoms with van der Waals surface area (Å²) in [5.74, 6) is 0.882. The highest BCUT2D eigenvalue weighted by molar-refractivity contribution is 5.78. The van der Waals surface area contributed by atoms with E-state index in [1.165, 1.54) is 12.8 Å². The summed E-state index contributed by atoms with van der Waals surface area (Å²) in [5.41, 5.74) is 0. The Bertz CT molecular complexity index is 186. The Morgan fingerprint density at radius 3 is 2.00 bits per heavy atom. The zero-order valence-electron chi connectivity index (χ0n) is 11.5. The van der Waals surface area contributed by atoms with Crippen molar-refractivity contribution < 1.29 is 4.79 Å². The molecule has 0 aromatic carbocycles. The maximum Gasteiger partial charge on any atom is 0.236 e. The van der Waals surface area contributed by atoms with Crippen LogP contribution in [0.4, 0.5) is 0 Å². The van der Waals surface area contributed by atoms with Crippen LogP contribution < -0.4 is 5.32 Å². The summed E-state index contributed by atoms with van der Waals surface area (Å²) < 4.78 is 0. The summed E-state index contributed by atoms with van der Waals surface area (Å²) in [6, 6.07) is 0.425. The van der Waals surface area contributed by atoms with Crippen molar-refractivity contribution in [2.24, 2.45) is 5.92 Å². The van der Waals surface area contributed by atoms with Crippen molar-refractivity contribution in [2.75, 3.05) is 19.6 Å². The zero-order chi connectivity index (χ0) is 12.6. The maximum absolute atomic E-state index is 11.8. The largest absolute Gasteiger partial charge is 0.342 e. The Labute approximate surface area is 101 Å². The highest BCUT2D eigenvalue weighted by Crippen LogP contribution is 2.12. The van der Waals surface area contributed by atoms with Crippen LogP contribution in [0.15, 0.2) is 0 Å². The molecule has 16 heavy (non-hydrogen) atoms. The van der Waals surface area contributed by atoms with Crippen molar-refractivity contribution in [1.82, 2.24) is 10.2 Å². The van der Waals surface area contributed by atoms with Crippen molar-refractivity contribution in [2.45, 2.75) is 53.5 Å². The van der Waals surface area contributed by atoms with E-state index in [-0.39, 0.29) is 5.91 Å². The molecule has 0 aliphatic heterocycles. The molecule has 0 aromatic heterocycles. The topological polar surface area (TPSA) is 32.3 Å². The minimum atomic E-state index is 0.211. The number of nitrogens with zero attached hydrogens (tertiary/aromatic N) is 1. The number of hydrogen-bond donors (Lipinski definition) is 1. The highest BCUT2D eigenvalue weighted by Gasteiger charge is 2.15. The Morgan fingerprint density at radius 1 is 1.12 bits per heavy atom. The van der Waals surface area contributed by atoms with Gasteiger partial charge in [-0.05, 0) is 26.7 Å². The van der Waals surface area contributed by atoms with E-state index in [0.29, 0.717) is 18.5 Å². The van der Waals surface area contributed by atoms with Crippen LogP contribution >= 0.6 is 0 Å². The van der Waals surface area contributed by atoms with E-state index in [0.717, 1.165) is 13.1 Å². The SMILES string of the molecule is CCC(CC)C(C)NCC(=O)N(CC)CC. The number of nitrogens with one attached hydrogen (secondary N) is 1. The van der Waals surface area contributed by atoms with Gasteiger partial charge in [-0.1, -0.05) is 26.7 Å². The molecule has 1 unspecified atom stereocenters. The summed E-state index contributed by atoms with van der Waals surface area (Å²) in [6.45, 7) is 12.7. The second kappa shape index (κ2) is 8.57. The Balaban J connectivity index is 3.99. The third-order valence-corrected chi connectivity index (χ3v) is 3.45. The third kappa shape index (κ3) is 4.97. The fraction of sp³-hybridized carbons (Fsp3) is 0.923. The van der Waals surface area contributed by atoms with Gasteiger partial charge in [-0.25, -0.2) is 0 Å². The number of carbonyl (C=O) groups is 1.